The third-order valence-corrected chi connectivity index (χ3v) is 4.69. The van der Waals surface area contributed by atoms with E-state index in [1.54, 1.807) is 11.6 Å². The molecule has 4 rings (SSSR count). The van der Waals surface area contributed by atoms with Gasteiger partial charge in [-0.25, -0.2) is 0 Å². The van der Waals surface area contributed by atoms with E-state index in [-0.39, 0.29) is 5.56 Å². The zero-order chi connectivity index (χ0) is 19.0. The molecule has 0 amide bonds. The quantitative estimate of drug-likeness (QED) is 0.554. The van der Waals surface area contributed by atoms with Gasteiger partial charge in [-0.15, -0.1) is 0 Å². The van der Waals surface area contributed by atoms with Crippen LogP contribution in [0.2, 0.25) is 0 Å². The van der Waals surface area contributed by atoms with Crippen LogP contribution in [0.1, 0.15) is 5.56 Å². The van der Waals surface area contributed by atoms with Crippen LogP contribution in [0.4, 0.5) is 0 Å². The number of benzene rings is 2. The van der Waals surface area contributed by atoms with Crippen LogP contribution in [0.15, 0.2) is 70.0 Å². The molecule has 136 valence electrons. The van der Waals surface area contributed by atoms with E-state index in [0.717, 1.165) is 28.9 Å². The number of rotatable bonds is 4. The van der Waals surface area contributed by atoms with Crippen molar-refractivity contribution in [2.24, 2.45) is 7.05 Å². The molecule has 2 heterocycles. The van der Waals surface area contributed by atoms with E-state index in [9.17, 15) is 4.79 Å². The zero-order valence-corrected chi connectivity index (χ0v) is 15.6. The van der Waals surface area contributed by atoms with Crippen LogP contribution in [-0.2, 0) is 13.6 Å². The highest BCUT2D eigenvalue weighted by Gasteiger charge is 2.19. The van der Waals surface area contributed by atoms with Gasteiger partial charge in [0.15, 0.2) is 5.58 Å². The van der Waals surface area contributed by atoms with Gasteiger partial charge >= 0.3 is 0 Å². The van der Waals surface area contributed by atoms with Gasteiger partial charge in [0, 0.05) is 30.8 Å². The molecular weight excluding hydrogens is 338 g/mol. The summed E-state index contributed by atoms with van der Waals surface area (Å²) in [6.07, 6.45) is 0. The standard InChI is InChI=1S/C22H21N3O2/c1-24(2)14-16-11-7-8-12-17(16)18-13-19-20(22(26)25(18)3)21(23-27-19)15-9-5-4-6-10-15/h4-13H,14H2,1-3H3. The molecule has 0 saturated carbocycles. The third-order valence-electron chi connectivity index (χ3n) is 4.69. The van der Waals surface area contributed by atoms with E-state index in [0.29, 0.717) is 16.7 Å². The Bertz CT molecular complexity index is 1160. The van der Waals surface area contributed by atoms with Crippen molar-refractivity contribution in [2.75, 3.05) is 14.1 Å². The number of aromatic nitrogens is 2. The minimum atomic E-state index is -0.109. The maximum absolute atomic E-state index is 13.2. The van der Waals surface area contributed by atoms with Crippen molar-refractivity contribution in [3.63, 3.8) is 0 Å². The first-order valence-corrected chi connectivity index (χ1v) is 8.84. The molecule has 0 aliphatic heterocycles. The first-order chi connectivity index (χ1) is 13.1. The molecule has 2 aromatic heterocycles. The van der Waals surface area contributed by atoms with Gasteiger partial charge in [0.05, 0.1) is 5.69 Å². The summed E-state index contributed by atoms with van der Waals surface area (Å²) in [7, 11) is 5.86. The Kier molecular flexibility index (Phi) is 4.38. The molecule has 4 aromatic rings. The molecule has 0 radical (unpaired) electrons. The van der Waals surface area contributed by atoms with Crippen LogP contribution < -0.4 is 5.56 Å². The minimum absolute atomic E-state index is 0.109. The molecule has 27 heavy (non-hydrogen) atoms. The fraction of sp³-hybridized carbons (Fsp3) is 0.182. The summed E-state index contributed by atoms with van der Waals surface area (Å²) in [6.45, 7) is 0.786. The lowest BCUT2D eigenvalue weighted by atomic mass is 10.0. The minimum Gasteiger partial charge on any atom is -0.355 e. The van der Waals surface area contributed by atoms with Crippen LogP contribution >= 0.6 is 0 Å². The zero-order valence-electron chi connectivity index (χ0n) is 15.6. The SMILES string of the molecule is CN(C)Cc1ccccc1-c1cc2onc(-c3ccccc3)c2c(=O)n1C. The van der Waals surface area contributed by atoms with Gasteiger partial charge in [-0.1, -0.05) is 59.8 Å². The highest BCUT2D eigenvalue weighted by Crippen LogP contribution is 2.30. The molecule has 0 spiro atoms. The molecule has 5 heteroatoms. The van der Waals surface area contributed by atoms with Crippen molar-refractivity contribution in [1.82, 2.24) is 14.6 Å². The highest BCUT2D eigenvalue weighted by atomic mass is 16.5. The topological polar surface area (TPSA) is 51.3 Å². The lowest BCUT2D eigenvalue weighted by Crippen LogP contribution is -2.19. The lowest BCUT2D eigenvalue weighted by Gasteiger charge is -2.16. The molecular formula is C22H21N3O2. The second-order valence-electron chi connectivity index (χ2n) is 6.93. The smallest absolute Gasteiger partial charge is 0.264 e. The molecule has 2 aromatic carbocycles. The number of pyridine rings is 1. The fourth-order valence-electron chi connectivity index (χ4n) is 3.41. The van der Waals surface area contributed by atoms with Crippen molar-refractivity contribution >= 4 is 11.0 Å². The van der Waals surface area contributed by atoms with Crippen LogP contribution in [-0.4, -0.2) is 28.7 Å². The van der Waals surface area contributed by atoms with Crippen LogP contribution in [0.3, 0.4) is 0 Å². The second-order valence-corrected chi connectivity index (χ2v) is 6.93. The summed E-state index contributed by atoms with van der Waals surface area (Å²) in [4.78, 5) is 15.3. The summed E-state index contributed by atoms with van der Waals surface area (Å²) in [5.74, 6) is 0. The van der Waals surface area contributed by atoms with Crippen molar-refractivity contribution in [3.8, 4) is 22.5 Å². The van der Waals surface area contributed by atoms with Gasteiger partial charge in [0.25, 0.3) is 5.56 Å². The fourth-order valence-corrected chi connectivity index (χ4v) is 3.41. The van der Waals surface area contributed by atoms with Crippen LogP contribution in [0.5, 0.6) is 0 Å². The first-order valence-electron chi connectivity index (χ1n) is 8.84. The van der Waals surface area contributed by atoms with E-state index in [4.69, 9.17) is 4.52 Å². The average Bonchev–Trinajstić information content (AvgIpc) is 3.10. The Morgan fingerprint density at radius 1 is 1.04 bits per heavy atom. The lowest BCUT2D eigenvalue weighted by molar-refractivity contribution is 0.403. The molecule has 0 bridgehead atoms. The normalized spacial score (nSPS) is 11.4. The van der Waals surface area contributed by atoms with E-state index in [1.807, 2.05) is 68.7 Å². The number of fused-ring (bicyclic) bond motifs is 1. The van der Waals surface area contributed by atoms with Gasteiger partial charge in [0.1, 0.15) is 11.1 Å². The monoisotopic (exact) mass is 359 g/mol. The maximum Gasteiger partial charge on any atom is 0.264 e. The van der Waals surface area contributed by atoms with Crippen LogP contribution in [0.25, 0.3) is 33.5 Å². The van der Waals surface area contributed by atoms with Crippen molar-refractivity contribution in [1.29, 1.82) is 0 Å². The Hall–Kier alpha value is -3.18. The predicted octanol–water partition coefficient (Wildman–Crippen LogP) is 3.92. The van der Waals surface area contributed by atoms with E-state index in [2.05, 4.69) is 16.1 Å². The van der Waals surface area contributed by atoms with Gasteiger partial charge in [-0.2, -0.15) is 0 Å². The molecule has 0 aliphatic rings. The first kappa shape index (κ1) is 17.2. The Balaban J connectivity index is 1.94. The molecule has 0 unspecified atom stereocenters. The molecule has 0 atom stereocenters. The maximum atomic E-state index is 13.2. The molecule has 0 fully saturated rings. The number of hydrogen-bond donors (Lipinski definition) is 0. The number of hydrogen-bond acceptors (Lipinski definition) is 4. The number of nitrogens with zero attached hydrogens (tertiary/aromatic N) is 3. The molecule has 0 aliphatic carbocycles. The van der Waals surface area contributed by atoms with Crippen LogP contribution in [0, 0.1) is 0 Å². The second kappa shape index (κ2) is 6.85. The van der Waals surface area contributed by atoms with E-state index in [1.165, 1.54) is 0 Å². The highest BCUT2D eigenvalue weighted by molar-refractivity contribution is 5.92. The van der Waals surface area contributed by atoms with E-state index < -0.39 is 0 Å². The Morgan fingerprint density at radius 2 is 1.74 bits per heavy atom. The molecule has 5 nitrogen and oxygen atoms in total. The van der Waals surface area contributed by atoms with Gasteiger partial charge in [-0.05, 0) is 19.7 Å². The largest absolute Gasteiger partial charge is 0.355 e. The van der Waals surface area contributed by atoms with Crippen molar-refractivity contribution < 1.29 is 4.52 Å². The third kappa shape index (κ3) is 3.06. The predicted molar refractivity (Wildman–Crippen MR) is 108 cm³/mol. The summed E-state index contributed by atoms with van der Waals surface area (Å²) in [5.41, 5.74) is 4.84. The Labute approximate surface area is 157 Å². The van der Waals surface area contributed by atoms with Crippen molar-refractivity contribution in [2.45, 2.75) is 6.54 Å². The summed E-state index contributed by atoms with van der Waals surface area (Å²) >= 11 is 0. The molecule has 0 saturated heterocycles. The van der Waals surface area contributed by atoms with Gasteiger partial charge in [-0.3, -0.25) is 4.79 Å². The van der Waals surface area contributed by atoms with Gasteiger partial charge < -0.3 is 14.0 Å². The Morgan fingerprint density at radius 3 is 2.48 bits per heavy atom. The van der Waals surface area contributed by atoms with Crippen molar-refractivity contribution in [3.05, 3.63) is 76.6 Å². The summed E-state index contributed by atoms with van der Waals surface area (Å²) in [5, 5.41) is 4.69. The molecule has 0 N–H and O–H groups in total. The van der Waals surface area contributed by atoms with E-state index >= 15 is 0 Å². The van der Waals surface area contributed by atoms with Gasteiger partial charge in [0.2, 0.25) is 0 Å². The summed E-state index contributed by atoms with van der Waals surface area (Å²) in [6, 6.07) is 19.7. The average molecular weight is 359 g/mol. The summed E-state index contributed by atoms with van der Waals surface area (Å²) < 4.78 is 7.23.